The van der Waals surface area contributed by atoms with Crippen LogP contribution in [0.5, 0.6) is 0 Å². The summed E-state index contributed by atoms with van der Waals surface area (Å²) < 4.78 is 1.80. The molecule has 4 nitrogen and oxygen atoms in total. The second kappa shape index (κ2) is 8.41. The number of thioether (sulfide) groups is 1. The van der Waals surface area contributed by atoms with Gasteiger partial charge in [0.25, 0.3) is 0 Å². The van der Waals surface area contributed by atoms with E-state index in [0.717, 1.165) is 25.8 Å². The number of nitrogens with zero attached hydrogens (tertiary/aromatic N) is 3. The van der Waals surface area contributed by atoms with E-state index < -0.39 is 5.92 Å². The van der Waals surface area contributed by atoms with Crippen LogP contribution in [0.2, 0.25) is 5.02 Å². The lowest BCUT2D eigenvalue weighted by Crippen LogP contribution is -2.13. The van der Waals surface area contributed by atoms with Gasteiger partial charge in [-0.25, -0.2) is 9.97 Å². The predicted octanol–water partition coefficient (Wildman–Crippen LogP) is 6.04. The molecule has 1 atom stereocenters. The maximum atomic E-state index is 12.6. The summed E-state index contributed by atoms with van der Waals surface area (Å²) in [6, 6.07) is 17.4. The second-order valence-corrected chi connectivity index (χ2v) is 9.43. The van der Waals surface area contributed by atoms with Crippen molar-refractivity contribution < 1.29 is 4.79 Å². The highest BCUT2D eigenvalue weighted by Gasteiger charge is 2.24. The van der Waals surface area contributed by atoms with Gasteiger partial charge in [-0.15, -0.1) is 22.7 Å². The Bertz CT molecular complexity index is 1180. The van der Waals surface area contributed by atoms with Gasteiger partial charge in [0.05, 0.1) is 27.7 Å². The first-order valence-electron chi connectivity index (χ1n) is 8.26. The Labute approximate surface area is 178 Å². The van der Waals surface area contributed by atoms with Crippen LogP contribution in [-0.4, -0.2) is 21.5 Å². The lowest BCUT2D eigenvalue weighted by Gasteiger charge is -2.03. The first-order chi connectivity index (χ1) is 13.6. The Kier molecular flexibility index (Phi) is 5.74. The minimum Gasteiger partial charge on any atom is -0.297 e. The largest absolute Gasteiger partial charge is 0.297 e. The van der Waals surface area contributed by atoms with E-state index in [-0.39, 0.29) is 11.5 Å². The molecule has 2 aromatic heterocycles. The highest BCUT2D eigenvalue weighted by atomic mass is 35.5. The Morgan fingerprint density at radius 1 is 1.21 bits per heavy atom. The van der Waals surface area contributed by atoms with Crippen LogP contribution >= 0.6 is 46.0 Å². The normalized spacial score (nSPS) is 12.0. The molecule has 138 valence electrons. The molecule has 0 N–H and O–H groups in total. The summed E-state index contributed by atoms with van der Waals surface area (Å²) in [6.07, 6.45) is 0. The third-order valence-electron chi connectivity index (χ3n) is 3.96. The second-order valence-electron chi connectivity index (χ2n) is 5.85. The summed E-state index contributed by atoms with van der Waals surface area (Å²) in [5.74, 6) is -0.857. The monoisotopic (exact) mass is 441 g/mol. The van der Waals surface area contributed by atoms with E-state index in [1.54, 1.807) is 6.07 Å². The molecule has 0 aliphatic rings. The molecular weight excluding hydrogens is 430 g/mol. The molecule has 2 aromatic carbocycles. The smallest absolute Gasteiger partial charge is 0.167 e. The number of ketones is 1. The minimum absolute atomic E-state index is 0.168. The quantitative estimate of drug-likeness (QED) is 0.341. The van der Waals surface area contributed by atoms with Gasteiger partial charge in [-0.05, 0) is 18.2 Å². The number of thiazole rings is 2. The van der Waals surface area contributed by atoms with Crippen molar-refractivity contribution in [3.63, 3.8) is 0 Å². The van der Waals surface area contributed by atoms with E-state index in [0.29, 0.717) is 10.0 Å². The highest BCUT2D eigenvalue weighted by Crippen LogP contribution is 2.33. The minimum atomic E-state index is -0.862. The van der Waals surface area contributed by atoms with Crippen molar-refractivity contribution in [1.29, 1.82) is 5.26 Å². The number of carbonyl (C=O) groups excluding carboxylic acids is 1. The van der Waals surface area contributed by atoms with E-state index >= 15 is 0 Å². The SMILES string of the molecule is N#CC(C(=O)CSc1nc2cc(Cl)ccc2s1)c1nc(-c2ccccc2)cs1. The Morgan fingerprint density at radius 3 is 2.82 bits per heavy atom. The van der Waals surface area contributed by atoms with Crippen LogP contribution in [-0.2, 0) is 4.79 Å². The molecule has 0 aliphatic carbocycles. The summed E-state index contributed by atoms with van der Waals surface area (Å²) in [7, 11) is 0. The predicted molar refractivity (Wildman–Crippen MR) is 116 cm³/mol. The van der Waals surface area contributed by atoms with E-state index in [1.807, 2.05) is 47.8 Å². The molecule has 0 saturated carbocycles. The van der Waals surface area contributed by atoms with Crippen molar-refractivity contribution in [3.8, 4) is 17.3 Å². The number of fused-ring (bicyclic) bond motifs is 1. The van der Waals surface area contributed by atoms with Crippen LogP contribution in [0.25, 0.3) is 21.5 Å². The lowest BCUT2D eigenvalue weighted by atomic mass is 10.1. The maximum Gasteiger partial charge on any atom is 0.167 e. The number of aromatic nitrogens is 2. The molecule has 28 heavy (non-hydrogen) atoms. The summed E-state index contributed by atoms with van der Waals surface area (Å²) in [5, 5.41) is 12.6. The number of halogens is 1. The molecule has 0 amide bonds. The summed E-state index contributed by atoms with van der Waals surface area (Å²) in [6.45, 7) is 0. The number of nitriles is 1. The van der Waals surface area contributed by atoms with E-state index in [1.165, 1.54) is 34.4 Å². The van der Waals surface area contributed by atoms with Gasteiger partial charge in [-0.2, -0.15) is 5.26 Å². The summed E-state index contributed by atoms with van der Waals surface area (Å²) >= 11 is 10.2. The standard InChI is InChI=1S/C20H12ClN3OS3/c21-13-6-7-18-15(8-13)24-20(28-18)27-11-17(25)14(9-22)19-23-16(10-26-19)12-4-2-1-3-5-12/h1-8,10,14H,11H2. The molecule has 0 saturated heterocycles. The zero-order valence-electron chi connectivity index (χ0n) is 14.3. The van der Waals surface area contributed by atoms with Gasteiger partial charge in [0, 0.05) is 16.0 Å². The highest BCUT2D eigenvalue weighted by molar-refractivity contribution is 8.01. The third kappa shape index (κ3) is 4.10. The molecule has 8 heteroatoms. The molecule has 4 aromatic rings. The van der Waals surface area contributed by atoms with Crippen molar-refractivity contribution in [2.75, 3.05) is 5.75 Å². The fourth-order valence-corrected chi connectivity index (χ4v) is 5.60. The summed E-state index contributed by atoms with van der Waals surface area (Å²) in [5.41, 5.74) is 2.57. The Balaban J connectivity index is 1.47. The number of benzene rings is 2. The molecular formula is C20H12ClN3OS3. The molecule has 4 rings (SSSR count). The molecule has 0 bridgehead atoms. The average Bonchev–Trinajstić information content (AvgIpc) is 3.34. The van der Waals surface area contributed by atoms with Gasteiger partial charge >= 0.3 is 0 Å². The van der Waals surface area contributed by atoms with Crippen LogP contribution in [0.3, 0.4) is 0 Å². The van der Waals surface area contributed by atoms with E-state index in [2.05, 4.69) is 16.0 Å². The molecule has 0 aliphatic heterocycles. The number of hydrogen-bond acceptors (Lipinski definition) is 7. The van der Waals surface area contributed by atoms with Crippen LogP contribution in [0, 0.1) is 11.3 Å². The fourth-order valence-electron chi connectivity index (χ4n) is 2.58. The number of hydrogen-bond donors (Lipinski definition) is 0. The molecule has 0 radical (unpaired) electrons. The fraction of sp³-hybridized carbons (Fsp3) is 0.100. The topological polar surface area (TPSA) is 66.6 Å². The van der Waals surface area contributed by atoms with Gasteiger partial charge in [0.1, 0.15) is 5.01 Å². The first kappa shape index (κ1) is 19.1. The Morgan fingerprint density at radius 2 is 2.04 bits per heavy atom. The third-order valence-corrected chi connectivity index (χ3v) is 7.30. The zero-order chi connectivity index (χ0) is 19.5. The average molecular weight is 442 g/mol. The van der Waals surface area contributed by atoms with Gasteiger partial charge in [-0.3, -0.25) is 4.79 Å². The van der Waals surface area contributed by atoms with Crippen LogP contribution in [0.15, 0.2) is 58.3 Å². The first-order valence-corrected chi connectivity index (χ1v) is 11.3. The van der Waals surface area contributed by atoms with Crippen LogP contribution < -0.4 is 0 Å². The van der Waals surface area contributed by atoms with Crippen LogP contribution in [0.1, 0.15) is 10.9 Å². The van der Waals surface area contributed by atoms with Crippen molar-refractivity contribution in [2.24, 2.45) is 0 Å². The zero-order valence-corrected chi connectivity index (χ0v) is 17.5. The molecule has 1 unspecified atom stereocenters. The van der Waals surface area contributed by atoms with Gasteiger partial charge < -0.3 is 0 Å². The molecule has 0 spiro atoms. The van der Waals surface area contributed by atoms with Crippen molar-refractivity contribution in [1.82, 2.24) is 9.97 Å². The van der Waals surface area contributed by atoms with Crippen LogP contribution in [0.4, 0.5) is 0 Å². The molecule has 2 heterocycles. The number of Topliss-reactive ketones (excluding diaryl/α,β-unsaturated/α-hetero) is 1. The van der Waals surface area contributed by atoms with Gasteiger partial charge in [0.2, 0.25) is 0 Å². The van der Waals surface area contributed by atoms with Gasteiger partial charge in [-0.1, -0.05) is 53.7 Å². The molecule has 0 fully saturated rings. The number of carbonyl (C=O) groups is 1. The summed E-state index contributed by atoms with van der Waals surface area (Å²) in [4.78, 5) is 21.6. The van der Waals surface area contributed by atoms with E-state index in [4.69, 9.17) is 11.6 Å². The van der Waals surface area contributed by atoms with Crippen molar-refractivity contribution in [3.05, 3.63) is 63.9 Å². The maximum absolute atomic E-state index is 12.6. The van der Waals surface area contributed by atoms with Crippen molar-refractivity contribution >= 4 is 62.0 Å². The van der Waals surface area contributed by atoms with Crippen molar-refractivity contribution in [2.45, 2.75) is 10.3 Å². The van der Waals surface area contributed by atoms with Gasteiger partial charge in [0.15, 0.2) is 16.0 Å². The van der Waals surface area contributed by atoms with E-state index in [9.17, 15) is 10.1 Å². The number of rotatable bonds is 6. The lowest BCUT2D eigenvalue weighted by molar-refractivity contribution is -0.116. The Hall–Kier alpha value is -2.24.